The molecule has 0 aliphatic heterocycles. The maximum absolute atomic E-state index is 11.7. The molecule has 21 heavy (non-hydrogen) atoms. The molecular formula is C16H22N2O3. The van der Waals surface area contributed by atoms with Crippen LogP contribution in [0, 0.1) is 0 Å². The van der Waals surface area contributed by atoms with Crippen molar-refractivity contribution in [2.45, 2.75) is 45.8 Å². The Morgan fingerprint density at radius 3 is 2.71 bits per heavy atom. The number of fused-ring (bicyclic) bond motifs is 1. The number of ether oxygens (including phenoxy) is 1. The second-order valence-corrected chi connectivity index (χ2v) is 6.27. The van der Waals surface area contributed by atoms with Crippen molar-refractivity contribution in [2.24, 2.45) is 0 Å². The summed E-state index contributed by atoms with van der Waals surface area (Å²) in [5.74, 6) is 0. The van der Waals surface area contributed by atoms with Gasteiger partial charge in [0.05, 0.1) is 5.52 Å². The first-order valence-corrected chi connectivity index (χ1v) is 7.04. The van der Waals surface area contributed by atoms with Gasteiger partial charge in [0.15, 0.2) is 0 Å². The summed E-state index contributed by atoms with van der Waals surface area (Å²) >= 11 is 0. The highest BCUT2D eigenvalue weighted by molar-refractivity contribution is 5.83. The minimum atomic E-state index is -0.509. The Labute approximate surface area is 124 Å². The average molecular weight is 290 g/mol. The lowest BCUT2D eigenvalue weighted by Crippen LogP contribution is -2.38. The number of para-hydroxylation sites is 1. The molecule has 1 atom stereocenters. The molecule has 114 valence electrons. The van der Waals surface area contributed by atoms with E-state index in [0.717, 1.165) is 21.2 Å². The highest BCUT2D eigenvalue weighted by Crippen LogP contribution is 2.21. The Bertz CT molecular complexity index is 640. The summed E-state index contributed by atoms with van der Waals surface area (Å²) in [5.41, 5.74) is 1.24. The van der Waals surface area contributed by atoms with Gasteiger partial charge in [0.1, 0.15) is 5.60 Å². The van der Waals surface area contributed by atoms with E-state index in [1.807, 2.05) is 52.0 Å². The lowest BCUT2D eigenvalue weighted by molar-refractivity contribution is 0.0508. The van der Waals surface area contributed by atoms with Crippen LogP contribution in [0.15, 0.2) is 30.5 Å². The molecule has 0 aliphatic carbocycles. The summed E-state index contributed by atoms with van der Waals surface area (Å²) in [4.78, 5) is 11.7. The summed E-state index contributed by atoms with van der Waals surface area (Å²) in [5, 5.41) is 13.6. The highest BCUT2D eigenvalue weighted by Gasteiger charge is 2.18. The van der Waals surface area contributed by atoms with E-state index in [1.54, 1.807) is 6.20 Å². The van der Waals surface area contributed by atoms with Gasteiger partial charge in [-0.2, -0.15) is 4.73 Å². The van der Waals surface area contributed by atoms with E-state index in [2.05, 4.69) is 5.32 Å². The number of carbonyl (C=O) groups excluding carboxylic acids is 1. The van der Waals surface area contributed by atoms with Gasteiger partial charge in [-0.15, -0.1) is 0 Å². The van der Waals surface area contributed by atoms with E-state index < -0.39 is 11.7 Å². The first-order chi connectivity index (χ1) is 9.76. The van der Waals surface area contributed by atoms with Crippen molar-refractivity contribution in [3.63, 3.8) is 0 Å². The SMILES string of the molecule is C[C@H](Cc1cn(O)c2ccccc12)NC(=O)OC(C)(C)C. The lowest BCUT2D eigenvalue weighted by atomic mass is 10.1. The molecule has 0 radical (unpaired) electrons. The highest BCUT2D eigenvalue weighted by atomic mass is 16.6. The normalized spacial score (nSPS) is 13.1. The van der Waals surface area contributed by atoms with Crippen molar-refractivity contribution < 1.29 is 14.7 Å². The molecule has 5 heteroatoms. The second kappa shape index (κ2) is 5.68. The van der Waals surface area contributed by atoms with Crippen molar-refractivity contribution in [3.05, 3.63) is 36.0 Å². The molecule has 1 heterocycles. The van der Waals surface area contributed by atoms with Gasteiger partial charge in [-0.25, -0.2) is 4.79 Å². The third kappa shape index (κ3) is 3.90. The first kappa shape index (κ1) is 15.2. The molecule has 2 N–H and O–H groups in total. The standard InChI is InChI=1S/C16H22N2O3/c1-11(17-15(19)21-16(2,3)4)9-12-10-18(20)14-8-6-5-7-13(12)14/h5-8,10-11,20H,9H2,1-4H3,(H,17,19)/t11-/m1/s1. The number of hydrogen-bond acceptors (Lipinski definition) is 3. The molecule has 0 saturated heterocycles. The minimum Gasteiger partial charge on any atom is -0.444 e. The maximum atomic E-state index is 11.7. The zero-order valence-corrected chi connectivity index (χ0v) is 12.9. The predicted molar refractivity (Wildman–Crippen MR) is 81.7 cm³/mol. The summed E-state index contributed by atoms with van der Waals surface area (Å²) in [7, 11) is 0. The van der Waals surface area contributed by atoms with Crippen LogP contribution < -0.4 is 5.32 Å². The third-order valence-corrected chi connectivity index (χ3v) is 3.06. The Morgan fingerprint density at radius 1 is 1.38 bits per heavy atom. The van der Waals surface area contributed by atoms with E-state index in [-0.39, 0.29) is 6.04 Å². The fourth-order valence-corrected chi connectivity index (χ4v) is 2.28. The number of nitrogens with zero attached hydrogens (tertiary/aromatic N) is 1. The van der Waals surface area contributed by atoms with Gasteiger partial charge in [-0.3, -0.25) is 0 Å². The molecule has 2 rings (SSSR count). The van der Waals surface area contributed by atoms with Crippen LogP contribution in [-0.4, -0.2) is 27.7 Å². The van der Waals surface area contributed by atoms with Crippen LogP contribution >= 0.6 is 0 Å². The Balaban J connectivity index is 2.05. The molecular weight excluding hydrogens is 268 g/mol. The van der Waals surface area contributed by atoms with Crippen LogP contribution in [0.25, 0.3) is 10.9 Å². The summed E-state index contributed by atoms with van der Waals surface area (Å²) in [6.07, 6.45) is 1.87. The molecule has 0 bridgehead atoms. The van der Waals surface area contributed by atoms with Gasteiger partial charge in [0.25, 0.3) is 0 Å². The number of aromatic nitrogens is 1. The van der Waals surface area contributed by atoms with Crippen LogP contribution in [0.2, 0.25) is 0 Å². The fourth-order valence-electron chi connectivity index (χ4n) is 2.28. The van der Waals surface area contributed by atoms with Crippen LogP contribution in [0.4, 0.5) is 4.79 Å². The van der Waals surface area contributed by atoms with E-state index in [4.69, 9.17) is 4.74 Å². The molecule has 0 unspecified atom stereocenters. The summed E-state index contributed by atoms with van der Waals surface area (Å²) in [6.45, 7) is 7.40. The van der Waals surface area contributed by atoms with E-state index >= 15 is 0 Å². The molecule has 0 fully saturated rings. The van der Waals surface area contributed by atoms with Gasteiger partial charge in [0, 0.05) is 17.6 Å². The monoisotopic (exact) mass is 290 g/mol. The Hall–Kier alpha value is -2.17. The molecule has 1 amide bonds. The van der Waals surface area contributed by atoms with Gasteiger partial charge < -0.3 is 15.3 Å². The van der Waals surface area contributed by atoms with Gasteiger partial charge in [-0.1, -0.05) is 18.2 Å². The molecule has 5 nitrogen and oxygen atoms in total. The molecule has 0 spiro atoms. The third-order valence-electron chi connectivity index (χ3n) is 3.06. The second-order valence-electron chi connectivity index (χ2n) is 6.27. The number of alkyl carbamates (subject to hydrolysis) is 1. The van der Waals surface area contributed by atoms with Crippen LogP contribution in [0.5, 0.6) is 0 Å². The Kier molecular flexibility index (Phi) is 4.11. The predicted octanol–water partition coefficient (Wildman–Crippen LogP) is 3.33. The van der Waals surface area contributed by atoms with Crippen molar-refractivity contribution >= 4 is 17.0 Å². The number of amides is 1. The molecule has 0 aliphatic rings. The topological polar surface area (TPSA) is 63.5 Å². The largest absolute Gasteiger partial charge is 0.444 e. The van der Waals surface area contributed by atoms with Gasteiger partial charge in [0.2, 0.25) is 0 Å². The van der Waals surface area contributed by atoms with Crippen LogP contribution in [0.1, 0.15) is 33.3 Å². The van der Waals surface area contributed by atoms with Crippen molar-refractivity contribution in [1.29, 1.82) is 0 Å². The van der Waals surface area contributed by atoms with Crippen LogP contribution in [0.3, 0.4) is 0 Å². The number of benzene rings is 1. The maximum Gasteiger partial charge on any atom is 0.407 e. The minimum absolute atomic E-state index is 0.0920. The van der Waals surface area contributed by atoms with Crippen molar-refractivity contribution in [3.8, 4) is 0 Å². The lowest BCUT2D eigenvalue weighted by Gasteiger charge is -2.21. The smallest absolute Gasteiger partial charge is 0.407 e. The zero-order valence-electron chi connectivity index (χ0n) is 12.9. The van der Waals surface area contributed by atoms with Gasteiger partial charge in [-0.05, 0) is 45.7 Å². The summed E-state index contributed by atoms with van der Waals surface area (Å²) in [6, 6.07) is 7.52. The first-order valence-electron chi connectivity index (χ1n) is 7.04. The number of rotatable bonds is 3. The molecule has 1 aromatic heterocycles. The van der Waals surface area contributed by atoms with E-state index in [9.17, 15) is 10.0 Å². The molecule has 1 aromatic carbocycles. The Morgan fingerprint density at radius 2 is 2.05 bits per heavy atom. The molecule has 0 saturated carbocycles. The number of nitrogens with one attached hydrogen (secondary N) is 1. The quantitative estimate of drug-likeness (QED) is 0.852. The van der Waals surface area contributed by atoms with E-state index in [0.29, 0.717) is 6.42 Å². The van der Waals surface area contributed by atoms with Crippen LogP contribution in [-0.2, 0) is 11.2 Å². The van der Waals surface area contributed by atoms with Crippen molar-refractivity contribution in [1.82, 2.24) is 10.0 Å². The number of hydrogen-bond donors (Lipinski definition) is 2. The summed E-state index contributed by atoms with van der Waals surface area (Å²) < 4.78 is 6.35. The van der Waals surface area contributed by atoms with Gasteiger partial charge >= 0.3 is 6.09 Å². The van der Waals surface area contributed by atoms with E-state index in [1.165, 1.54) is 0 Å². The number of carbonyl (C=O) groups is 1. The fraction of sp³-hybridized carbons (Fsp3) is 0.438. The average Bonchev–Trinajstić information content (AvgIpc) is 2.64. The zero-order chi connectivity index (χ0) is 15.6. The van der Waals surface area contributed by atoms with Crippen molar-refractivity contribution in [2.75, 3.05) is 0 Å². The molecule has 2 aromatic rings.